The molecule has 0 aliphatic heterocycles. The average molecular weight is 239 g/mol. The number of hydrogen-bond donors (Lipinski definition) is 2. The summed E-state index contributed by atoms with van der Waals surface area (Å²) in [7, 11) is 0. The summed E-state index contributed by atoms with van der Waals surface area (Å²) in [6, 6.07) is 10.3. The Morgan fingerprint density at radius 3 is 2.61 bits per heavy atom. The zero-order valence-electron chi connectivity index (χ0n) is 9.29. The van der Waals surface area contributed by atoms with Gasteiger partial charge in [0.25, 0.3) is 0 Å². The smallest absolute Gasteiger partial charge is 0.339 e. The molecule has 18 heavy (non-hydrogen) atoms. The number of aromatic hydroxyl groups is 1. The van der Waals surface area contributed by atoms with Crippen LogP contribution < -0.4 is 0 Å². The maximum atomic E-state index is 11.0. The van der Waals surface area contributed by atoms with Crippen LogP contribution in [0.1, 0.15) is 10.4 Å². The van der Waals surface area contributed by atoms with Gasteiger partial charge in [0.2, 0.25) is 0 Å². The molecule has 3 aromatic rings. The molecular formula is C14H9NO3. The van der Waals surface area contributed by atoms with Crippen molar-refractivity contribution in [3.05, 3.63) is 48.2 Å². The summed E-state index contributed by atoms with van der Waals surface area (Å²) in [5.74, 6) is -1.36. The molecule has 0 amide bonds. The van der Waals surface area contributed by atoms with Crippen molar-refractivity contribution in [3.8, 4) is 5.75 Å². The van der Waals surface area contributed by atoms with Crippen LogP contribution in [0, 0.1) is 0 Å². The van der Waals surface area contributed by atoms with E-state index < -0.39 is 5.97 Å². The molecule has 0 atom stereocenters. The lowest BCUT2D eigenvalue weighted by molar-refractivity contribution is 0.0694. The van der Waals surface area contributed by atoms with Crippen LogP contribution in [0.5, 0.6) is 5.75 Å². The number of aromatic carboxylic acids is 1. The second-order valence-electron chi connectivity index (χ2n) is 4.00. The number of benzene rings is 2. The Morgan fingerprint density at radius 1 is 1.06 bits per heavy atom. The average Bonchev–Trinajstić information content (AvgIpc) is 2.38. The van der Waals surface area contributed by atoms with E-state index in [4.69, 9.17) is 5.11 Å². The van der Waals surface area contributed by atoms with Crippen molar-refractivity contribution in [3.63, 3.8) is 0 Å². The van der Waals surface area contributed by atoms with Gasteiger partial charge in [0.1, 0.15) is 11.3 Å². The highest BCUT2D eigenvalue weighted by atomic mass is 16.4. The van der Waals surface area contributed by atoms with Crippen molar-refractivity contribution >= 4 is 27.6 Å². The monoisotopic (exact) mass is 239 g/mol. The number of carbonyl (C=O) groups is 1. The summed E-state index contributed by atoms with van der Waals surface area (Å²) >= 11 is 0. The second kappa shape index (κ2) is 3.70. The van der Waals surface area contributed by atoms with Crippen LogP contribution in [0.3, 0.4) is 0 Å². The quantitative estimate of drug-likeness (QED) is 0.640. The highest BCUT2D eigenvalue weighted by molar-refractivity contribution is 6.10. The molecule has 0 fully saturated rings. The van der Waals surface area contributed by atoms with E-state index >= 15 is 0 Å². The highest BCUT2D eigenvalue weighted by Gasteiger charge is 2.13. The van der Waals surface area contributed by atoms with Gasteiger partial charge in [-0.1, -0.05) is 18.2 Å². The number of pyridine rings is 1. The summed E-state index contributed by atoms with van der Waals surface area (Å²) in [6.07, 6.45) is 1.67. The number of aromatic nitrogens is 1. The first kappa shape index (κ1) is 10.5. The fraction of sp³-hybridized carbons (Fsp3) is 0. The summed E-state index contributed by atoms with van der Waals surface area (Å²) in [5, 5.41) is 21.1. The van der Waals surface area contributed by atoms with Crippen LogP contribution in [0.25, 0.3) is 21.7 Å². The van der Waals surface area contributed by atoms with Gasteiger partial charge < -0.3 is 10.2 Å². The first-order valence-electron chi connectivity index (χ1n) is 5.41. The molecule has 2 aromatic carbocycles. The van der Waals surface area contributed by atoms with Crippen molar-refractivity contribution in [2.75, 3.05) is 0 Å². The zero-order valence-corrected chi connectivity index (χ0v) is 9.29. The number of fused-ring (bicyclic) bond motifs is 3. The van der Waals surface area contributed by atoms with E-state index in [1.54, 1.807) is 18.3 Å². The van der Waals surface area contributed by atoms with Crippen LogP contribution in [0.2, 0.25) is 0 Å². The lowest BCUT2D eigenvalue weighted by Gasteiger charge is -2.06. The molecule has 4 heteroatoms. The molecule has 1 aromatic heterocycles. The summed E-state index contributed by atoms with van der Waals surface area (Å²) in [6.45, 7) is 0. The number of carboxylic acid groups (broad SMARTS) is 1. The van der Waals surface area contributed by atoms with Crippen molar-refractivity contribution in [2.45, 2.75) is 0 Å². The summed E-state index contributed by atoms with van der Waals surface area (Å²) < 4.78 is 0. The van der Waals surface area contributed by atoms with E-state index in [0.29, 0.717) is 5.39 Å². The van der Waals surface area contributed by atoms with E-state index in [9.17, 15) is 9.90 Å². The van der Waals surface area contributed by atoms with Crippen molar-refractivity contribution in [1.82, 2.24) is 4.98 Å². The number of phenols is 1. The molecule has 0 aliphatic rings. The Kier molecular flexibility index (Phi) is 2.16. The topological polar surface area (TPSA) is 70.4 Å². The van der Waals surface area contributed by atoms with Crippen molar-refractivity contribution in [2.24, 2.45) is 0 Å². The Balaban J connectivity index is 2.48. The second-order valence-corrected chi connectivity index (χ2v) is 4.00. The molecule has 0 radical (unpaired) electrons. The van der Waals surface area contributed by atoms with Crippen molar-refractivity contribution in [1.29, 1.82) is 0 Å². The minimum absolute atomic E-state index is 0.0993. The van der Waals surface area contributed by atoms with Gasteiger partial charge in [-0.2, -0.15) is 0 Å². The highest BCUT2D eigenvalue weighted by Crippen LogP contribution is 2.32. The largest absolute Gasteiger partial charge is 0.506 e. The third-order valence-corrected chi connectivity index (χ3v) is 2.97. The Bertz CT molecular complexity index is 780. The molecule has 0 saturated heterocycles. The van der Waals surface area contributed by atoms with Crippen LogP contribution in [-0.4, -0.2) is 21.2 Å². The van der Waals surface area contributed by atoms with Gasteiger partial charge in [-0.05, 0) is 18.2 Å². The third kappa shape index (κ3) is 1.39. The molecule has 0 spiro atoms. The first-order chi connectivity index (χ1) is 8.68. The van der Waals surface area contributed by atoms with Gasteiger partial charge in [0, 0.05) is 22.4 Å². The maximum Gasteiger partial charge on any atom is 0.339 e. The molecule has 0 unspecified atom stereocenters. The lowest BCUT2D eigenvalue weighted by atomic mass is 10.0. The third-order valence-electron chi connectivity index (χ3n) is 2.97. The van der Waals surface area contributed by atoms with E-state index in [-0.39, 0.29) is 11.3 Å². The number of carboxylic acids is 1. The van der Waals surface area contributed by atoms with Crippen molar-refractivity contribution < 1.29 is 15.0 Å². The lowest BCUT2D eigenvalue weighted by Crippen LogP contribution is -1.97. The van der Waals surface area contributed by atoms with Gasteiger partial charge >= 0.3 is 5.97 Å². The molecule has 0 saturated carbocycles. The van der Waals surface area contributed by atoms with E-state index in [0.717, 1.165) is 16.3 Å². The van der Waals surface area contributed by atoms with Gasteiger partial charge in [0.05, 0.1) is 5.52 Å². The summed E-state index contributed by atoms with van der Waals surface area (Å²) in [5.41, 5.74) is 0.653. The molecule has 4 nitrogen and oxygen atoms in total. The van der Waals surface area contributed by atoms with Crippen LogP contribution in [0.4, 0.5) is 0 Å². The Morgan fingerprint density at radius 2 is 1.83 bits per heavy atom. The molecule has 0 bridgehead atoms. The van der Waals surface area contributed by atoms with Gasteiger partial charge in [0.15, 0.2) is 0 Å². The summed E-state index contributed by atoms with van der Waals surface area (Å²) in [4.78, 5) is 15.2. The normalized spacial score (nSPS) is 10.9. The molecule has 88 valence electrons. The van der Waals surface area contributed by atoms with Crippen LogP contribution in [-0.2, 0) is 0 Å². The standard InChI is InChI=1S/C14H9NO3/c16-13-10-4-3-8-2-1-7-15-12(8)9(10)5-6-11(13)14(17)18/h1-7,16H,(H,17,18). The molecular weight excluding hydrogens is 230 g/mol. The molecule has 0 aliphatic carbocycles. The van der Waals surface area contributed by atoms with Gasteiger partial charge in [-0.25, -0.2) is 4.79 Å². The zero-order chi connectivity index (χ0) is 12.7. The van der Waals surface area contributed by atoms with Gasteiger partial charge in [-0.15, -0.1) is 0 Å². The molecule has 1 heterocycles. The fourth-order valence-corrected chi connectivity index (χ4v) is 2.11. The predicted molar refractivity (Wildman–Crippen MR) is 67.9 cm³/mol. The van der Waals surface area contributed by atoms with E-state index in [2.05, 4.69) is 4.98 Å². The predicted octanol–water partition coefficient (Wildman–Crippen LogP) is 2.79. The molecule has 3 rings (SSSR count). The van der Waals surface area contributed by atoms with E-state index in [1.807, 2.05) is 18.2 Å². The van der Waals surface area contributed by atoms with E-state index in [1.165, 1.54) is 6.07 Å². The minimum Gasteiger partial charge on any atom is -0.506 e. The Labute approximate surface area is 102 Å². The van der Waals surface area contributed by atoms with Crippen LogP contribution in [0.15, 0.2) is 42.6 Å². The number of nitrogens with zero attached hydrogens (tertiary/aromatic N) is 1. The van der Waals surface area contributed by atoms with Crippen LogP contribution >= 0.6 is 0 Å². The minimum atomic E-state index is -1.14. The Hall–Kier alpha value is -2.62. The van der Waals surface area contributed by atoms with Gasteiger partial charge in [-0.3, -0.25) is 4.98 Å². The molecule has 2 N–H and O–H groups in total. The number of hydrogen-bond acceptors (Lipinski definition) is 3. The SMILES string of the molecule is O=C(O)c1ccc2c(ccc3cccnc32)c1O. The maximum absolute atomic E-state index is 11.0. The number of rotatable bonds is 1. The fourth-order valence-electron chi connectivity index (χ4n) is 2.11. The first-order valence-corrected chi connectivity index (χ1v) is 5.41.